The Labute approximate surface area is 168 Å². The van der Waals surface area contributed by atoms with Crippen molar-refractivity contribution >= 4 is 57.6 Å². The van der Waals surface area contributed by atoms with Gasteiger partial charge in [0.1, 0.15) is 0 Å². The van der Waals surface area contributed by atoms with Gasteiger partial charge < -0.3 is 0 Å². The summed E-state index contributed by atoms with van der Waals surface area (Å²) < 4.78 is 118. The van der Waals surface area contributed by atoms with Crippen LogP contribution in [0.2, 0.25) is 24.2 Å². The molecule has 0 bridgehead atoms. The average molecular weight is 521 g/mol. The van der Waals surface area contributed by atoms with E-state index in [1.54, 1.807) is 0 Å². The van der Waals surface area contributed by atoms with Crippen molar-refractivity contribution in [3.63, 3.8) is 0 Å². The predicted octanol–water partition coefficient (Wildman–Crippen LogP) is 0.265. The van der Waals surface area contributed by atoms with Gasteiger partial charge in [-0.3, -0.25) is 15.5 Å². The van der Waals surface area contributed by atoms with Gasteiger partial charge in [0.2, 0.25) is 10.2 Å². The van der Waals surface area contributed by atoms with Gasteiger partial charge in [-0.15, -0.1) is 0 Å². The molecule has 0 aromatic rings. The Morgan fingerprint density at radius 1 is 0.500 bits per heavy atom. The molecule has 28 heavy (non-hydrogen) atoms. The lowest BCUT2D eigenvalue weighted by atomic mass is 10.9. The molecule has 0 atom stereocenters. The van der Waals surface area contributed by atoms with Crippen molar-refractivity contribution < 1.29 is 49.2 Å². The lowest BCUT2D eigenvalue weighted by Gasteiger charge is -2.30. The van der Waals surface area contributed by atoms with Crippen molar-refractivity contribution in [3.8, 4) is 0 Å². The lowest BCUT2D eigenvalue weighted by Crippen LogP contribution is -2.50. The number of rotatable bonds is 4. The fourth-order valence-corrected chi connectivity index (χ4v) is 20.6. The maximum absolute atomic E-state index is 12.3. The van der Waals surface area contributed by atoms with Gasteiger partial charge in [0.15, 0.2) is 0 Å². The van der Waals surface area contributed by atoms with E-state index in [0.29, 0.717) is 0 Å². The minimum Gasteiger partial charge on any atom is -0.282 e. The van der Waals surface area contributed by atoms with E-state index in [-0.39, 0.29) is 24.2 Å². The van der Waals surface area contributed by atoms with Crippen LogP contribution >= 0.6 is 0 Å². The summed E-state index contributed by atoms with van der Waals surface area (Å²) in [6.45, 7) is 5.53. The Balaban J connectivity index is 3.65. The molecule has 1 fully saturated rings. The van der Waals surface area contributed by atoms with E-state index in [0.717, 1.165) is 0 Å². The summed E-state index contributed by atoms with van der Waals surface area (Å²) >= 11 is 0. The highest BCUT2D eigenvalue weighted by molar-refractivity contribution is 8.06. The van der Waals surface area contributed by atoms with Crippen molar-refractivity contribution in [3.05, 3.63) is 0 Å². The van der Waals surface area contributed by atoms with Crippen LogP contribution in [0.25, 0.3) is 0 Å². The molecule has 1 aliphatic rings. The Kier molecular flexibility index (Phi) is 8.09. The number of hydrogen-bond acceptors (Lipinski definition) is 12. The van der Waals surface area contributed by atoms with E-state index >= 15 is 0 Å². The van der Waals surface area contributed by atoms with Crippen LogP contribution in [-0.2, 0) is 56.0 Å². The molecular weight excluding hydrogens is 497 g/mol. The maximum atomic E-state index is 12.3. The smallest absolute Gasteiger partial charge is 0.282 e. The Morgan fingerprint density at radius 2 is 0.679 bits per heavy atom. The molecule has 0 unspecified atom stereocenters. The van der Waals surface area contributed by atoms with Crippen LogP contribution < -0.4 is 0 Å². The molecule has 12 nitrogen and oxygen atoms in total. The van der Waals surface area contributed by atoms with E-state index in [4.69, 9.17) is 15.5 Å². The molecule has 1 rings (SSSR count). The van der Waals surface area contributed by atoms with Crippen molar-refractivity contribution in [2.45, 2.75) is 51.9 Å². The minimum absolute atomic E-state index is 0.202. The third kappa shape index (κ3) is 7.09. The summed E-state index contributed by atoms with van der Waals surface area (Å²) in [6.07, 6.45) is 0. The third-order valence-electron chi connectivity index (χ3n) is 3.85. The van der Waals surface area contributed by atoms with Crippen LogP contribution in [0.3, 0.4) is 0 Å². The summed E-state index contributed by atoms with van der Waals surface area (Å²) in [7, 11) is -27.4. The summed E-state index contributed by atoms with van der Waals surface area (Å²) in [5.74, 6) is 0. The summed E-state index contributed by atoms with van der Waals surface area (Å²) in [5, 5.41) is -3.26. The minimum atomic E-state index is -4.82. The predicted molar refractivity (Wildman–Crippen MR) is 103 cm³/mol. The standard InChI is InChI=1S/C10H24O12S4Si2/c1-5-27(6-2)19-23(11,12)9-25(15,16)21-28(7-3,8-4)22-26(17,18)10-24(13,14)20-27/h5-10H2,1-4H3. The molecule has 0 aliphatic carbocycles. The first-order chi connectivity index (χ1) is 12.5. The first-order valence-electron chi connectivity index (χ1n) is 8.21. The highest BCUT2D eigenvalue weighted by Crippen LogP contribution is 2.30. The molecule has 1 saturated heterocycles. The lowest BCUT2D eigenvalue weighted by molar-refractivity contribution is 0.365. The van der Waals surface area contributed by atoms with Crippen molar-refractivity contribution in [2.75, 3.05) is 10.2 Å². The van der Waals surface area contributed by atoms with Gasteiger partial charge in [-0.1, -0.05) is 27.7 Å². The summed E-state index contributed by atoms with van der Waals surface area (Å²) in [4.78, 5) is 0. The molecule has 0 amide bonds. The third-order valence-corrected chi connectivity index (χ3v) is 21.7. The van der Waals surface area contributed by atoms with Gasteiger partial charge in [0, 0.05) is 0 Å². The highest BCUT2D eigenvalue weighted by Gasteiger charge is 2.50. The van der Waals surface area contributed by atoms with Crippen LogP contribution in [0, 0.1) is 0 Å². The molecule has 0 N–H and O–H groups in total. The average Bonchev–Trinajstić information content (AvgIpc) is 2.48. The Hall–Kier alpha value is 0.0738. The van der Waals surface area contributed by atoms with Gasteiger partial charge in [-0.05, 0) is 24.2 Å². The second-order valence-corrected chi connectivity index (χ2v) is 21.5. The normalized spacial score (nSPS) is 28.4. The Morgan fingerprint density at radius 3 is 0.821 bits per heavy atom. The fraction of sp³-hybridized carbons (Fsp3) is 1.00. The monoisotopic (exact) mass is 520 g/mol. The van der Waals surface area contributed by atoms with E-state index in [1.807, 2.05) is 0 Å². The van der Waals surface area contributed by atoms with Crippen LogP contribution in [-0.4, -0.2) is 61.0 Å². The molecule has 18 heteroatoms. The van der Waals surface area contributed by atoms with E-state index in [9.17, 15) is 33.7 Å². The first-order valence-corrected chi connectivity index (χ1v) is 19.0. The quantitative estimate of drug-likeness (QED) is 0.463. The van der Waals surface area contributed by atoms with Crippen molar-refractivity contribution in [1.82, 2.24) is 0 Å². The van der Waals surface area contributed by atoms with Gasteiger partial charge in [-0.2, -0.15) is 33.7 Å². The molecule has 168 valence electrons. The zero-order valence-electron chi connectivity index (χ0n) is 15.8. The summed E-state index contributed by atoms with van der Waals surface area (Å²) in [5.41, 5.74) is 0. The highest BCUT2D eigenvalue weighted by atomic mass is 32.3. The van der Waals surface area contributed by atoms with Gasteiger partial charge >= 0.3 is 17.1 Å². The van der Waals surface area contributed by atoms with Gasteiger partial charge in [0.05, 0.1) is 0 Å². The molecule has 1 heterocycles. The second kappa shape index (κ2) is 8.67. The zero-order valence-corrected chi connectivity index (χ0v) is 21.0. The number of hydrogen-bond donors (Lipinski definition) is 0. The van der Waals surface area contributed by atoms with Gasteiger partial charge in [-0.25, -0.2) is 0 Å². The maximum Gasteiger partial charge on any atom is 0.374 e. The molecule has 0 radical (unpaired) electrons. The molecule has 0 aromatic carbocycles. The van der Waals surface area contributed by atoms with Crippen LogP contribution in [0.15, 0.2) is 0 Å². The topological polar surface area (TPSA) is 173 Å². The fourth-order valence-electron chi connectivity index (χ4n) is 2.37. The molecule has 1 aliphatic heterocycles. The van der Waals surface area contributed by atoms with E-state index < -0.39 is 67.8 Å². The molecule has 0 saturated carbocycles. The molecular formula is C10H24O12S4Si2. The first kappa shape index (κ1) is 26.1. The zero-order chi connectivity index (χ0) is 22.1. The van der Waals surface area contributed by atoms with Crippen LogP contribution in [0.4, 0.5) is 0 Å². The van der Waals surface area contributed by atoms with Crippen LogP contribution in [0.5, 0.6) is 0 Å². The summed E-state index contributed by atoms with van der Waals surface area (Å²) in [6, 6.07) is -0.808. The van der Waals surface area contributed by atoms with Crippen molar-refractivity contribution in [2.24, 2.45) is 0 Å². The molecule has 0 spiro atoms. The Bertz CT molecular complexity index is 821. The molecule has 0 aromatic heterocycles. The van der Waals surface area contributed by atoms with Crippen molar-refractivity contribution in [1.29, 1.82) is 0 Å². The van der Waals surface area contributed by atoms with Crippen LogP contribution in [0.1, 0.15) is 27.7 Å². The van der Waals surface area contributed by atoms with Gasteiger partial charge in [0.25, 0.3) is 40.5 Å². The largest absolute Gasteiger partial charge is 0.374 e. The second-order valence-electron chi connectivity index (χ2n) is 6.04. The SMILES string of the molecule is CC[Si]1(CC)OS(=O)(=O)CS(=O)(=O)O[Si](CC)(CC)OS(=O)(=O)CS(=O)(=O)O1. The van der Waals surface area contributed by atoms with E-state index in [1.165, 1.54) is 27.7 Å². The van der Waals surface area contributed by atoms with E-state index in [2.05, 4.69) is 0 Å².